The van der Waals surface area contributed by atoms with Crippen molar-refractivity contribution in [1.82, 2.24) is 5.32 Å². The summed E-state index contributed by atoms with van der Waals surface area (Å²) < 4.78 is 0. The van der Waals surface area contributed by atoms with Crippen molar-refractivity contribution in [2.75, 3.05) is 25.5 Å². The molecule has 0 saturated heterocycles. The maximum absolute atomic E-state index is 5.82. The molecule has 0 heterocycles. The van der Waals surface area contributed by atoms with Crippen molar-refractivity contribution in [3.63, 3.8) is 0 Å². The third kappa shape index (κ3) is 6.13. The van der Waals surface area contributed by atoms with E-state index in [1.165, 1.54) is 11.3 Å². The van der Waals surface area contributed by atoms with Gasteiger partial charge in [0.15, 0.2) is 5.96 Å². The number of aliphatic imine (C=N–C) groups is 1. The summed E-state index contributed by atoms with van der Waals surface area (Å²) in [5.74, 6) is 1.20. The summed E-state index contributed by atoms with van der Waals surface area (Å²) in [4.78, 5) is 6.41. The number of hydrogen-bond donors (Lipinski definition) is 2. The summed E-state index contributed by atoms with van der Waals surface area (Å²) in [5, 5.41) is 3.13. The van der Waals surface area contributed by atoms with Crippen LogP contribution in [0.15, 0.2) is 29.3 Å². The Morgan fingerprint density at radius 1 is 1.26 bits per heavy atom. The van der Waals surface area contributed by atoms with Crippen LogP contribution >= 0.6 is 0 Å². The van der Waals surface area contributed by atoms with Crippen LogP contribution in [-0.4, -0.2) is 26.6 Å². The molecule has 4 heteroatoms. The Bertz CT molecular complexity index is 393. The van der Waals surface area contributed by atoms with Crippen LogP contribution in [0.2, 0.25) is 0 Å². The van der Waals surface area contributed by atoms with E-state index in [9.17, 15) is 0 Å². The molecule has 0 bridgehead atoms. The summed E-state index contributed by atoms with van der Waals surface area (Å²) in [7, 11) is 4.06. The minimum atomic E-state index is 0.525. The molecular weight excluding hydrogens is 236 g/mol. The van der Waals surface area contributed by atoms with E-state index < -0.39 is 0 Å². The van der Waals surface area contributed by atoms with Gasteiger partial charge in [-0.05, 0) is 30.0 Å². The number of rotatable bonds is 6. The van der Waals surface area contributed by atoms with Crippen molar-refractivity contribution in [3.05, 3.63) is 29.8 Å². The zero-order valence-electron chi connectivity index (χ0n) is 12.5. The maximum Gasteiger partial charge on any atom is 0.188 e. The minimum absolute atomic E-state index is 0.525. The normalized spacial score (nSPS) is 11.7. The molecule has 19 heavy (non-hydrogen) atoms. The zero-order valence-corrected chi connectivity index (χ0v) is 12.5. The molecule has 0 aliphatic heterocycles. The number of benzene rings is 1. The monoisotopic (exact) mass is 262 g/mol. The molecule has 0 spiro atoms. The first-order valence-electron chi connectivity index (χ1n) is 6.79. The molecule has 4 nitrogen and oxygen atoms in total. The van der Waals surface area contributed by atoms with E-state index in [2.05, 4.69) is 53.3 Å². The molecular formula is C15H26N4. The molecule has 0 unspecified atom stereocenters. The highest BCUT2D eigenvalue weighted by Crippen LogP contribution is 2.12. The van der Waals surface area contributed by atoms with Gasteiger partial charge >= 0.3 is 0 Å². The first-order chi connectivity index (χ1) is 8.99. The van der Waals surface area contributed by atoms with Crippen molar-refractivity contribution >= 4 is 11.6 Å². The Kier molecular flexibility index (Phi) is 6.19. The molecule has 1 aromatic rings. The fourth-order valence-corrected chi connectivity index (χ4v) is 1.62. The summed E-state index contributed by atoms with van der Waals surface area (Å²) >= 11 is 0. The van der Waals surface area contributed by atoms with Crippen LogP contribution in [0.5, 0.6) is 0 Å². The van der Waals surface area contributed by atoms with E-state index in [1.54, 1.807) is 0 Å². The fourth-order valence-electron chi connectivity index (χ4n) is 1.62. The predicted molar refractivity (Wildman–Crippen MR) is 83.6 cm³/mol. The summed E-state index contributed by atoms with van der Waals surface area (Å²) in [6.07, 6.45) is 1.10. The Labute approximate surface area is 116 Å². The van der Waals surface area contributed by atoms with Crippen LogP contribution in [0, 0.1) is 5.92 Å². The van der Waals surface area contributed by atoms with Gasteiger partial charge in [0.2, 0.25) is 0 Å². The third-order valence-corrected chi connectivity index (χ3v) is 2.91. The van der Waals surface area contributed by atoms with Crippen LogP contribution in [0.25, 0.3) is 0 Å². The van der Waals surface area contributed by atoms with Gasteiger partial charge in [0.25, 0.3) is 0 Å². The largest absolute Gasteiger partial charge is 0.378 e. The molecule has 0 atom stereocenters. The Morgan fingerprint density at radius 3 is 2.42 bits per heavy atom. The van der Waals surface area contributed by atoms with Crippen molar-refractivity contribution in [3.8, 4) is 0 Å². The number of nitrogens with one attached hydrogen (secondary N) is 1. The van der Waals surface area contributed by atoms with Gasteiger partial charge in [0.05, 0.1) is 6.54 Å². The Balaban J connectivity index is 2.42. The van der Waals surface area contributed by atoms with Crippen molar-refractivity contribution in [2.45, 2.75) is 26.8 Å². The molecule has 0 aliphatic carbocycles. The summed E-state index contributed by atoms with van der Waals surface area (Å²) in [6.45, 7) is 5.89. The highest BCUT2D eigenvalue weighted by molar-refractivity contribution is 5.77. The van der Waals surface area contributed by atoms with Gasteiger partial charge in [0.1, 0.15) is 0 Å². The average molecular weight is 262 g/mol. The second kappa shape index (κ2) is 7.67. The lowest BCUT2D eigenvalue weighted by atomic mass is 10.1. The second-order valence-corrected chi connectivity index (χ2v) is 5.37. The van der Waals surface area contributed by atoms with Crippen LogP contribution in [0.4, 0.5) is 5.69 Å². The number of anilines is 1. The van der Waals surface area contributed by atoms with Crippen LogP contribution in [0.1, 0.15) is 25.8 Å². The Hall–Kier alpha value is -1.71. The lowest BCUT2D eigenvalue weighted by Gasteiger charge is -2.12. The van der Waals surface area contributed by atoms with Crippen LogP contribution < -0.4 is 16.0 Å². The maximum atomic E-state index is 5.82. The van der Waals surface area contributed by atoms with Crippen molar-refractivity contribution in [2.24, 2.45) is 16.6 Å². The molecule has 0 radical (unpaired) electrons. The second-order valence-electron chi connectivity index (χ2n) is 5.37. The molecule has 3 N–H and O–H groups in total. The Morgan fingerprint density at radius 2 is 1.89 bits per heavy atom. The lowest BCUT2D eigenvalue weighted by molar-refractivity contribution is 0.576. The molecule has 0 aromatic heterocycles. The molecule has 0 saturated carbocycles. The number of hydrogen-bond acceptors (Lipinski definition) is 2. The van der Waals surface area contributed by atoms with Gasteiger partial charge in [-0.3, -0.25) is 0 Å². The molecule has 106 valence electrons. The SMILES string of the molecule is CC(C)CCNC(N)=NCc1ccc(N(C)C)cc1. The molecule has 1 aromatic carbocycles. The highest BCUT2D eigenvalue weighted by Gasteiger charge is 1.97. The standard InChI is InChI=1S/C15H26N4/c1-12(2)9-10-17-15(16)18-11-13-5-7-14(8-6-13)19(3)4/h5-8,12H,9-11H2,1-4H3,(H3,16,17,18). The molecule has 1 rings (SSSR count). The summed E-state index contributed by atoms with van der Waals surface area (Å²) in [6, 6.07) is 8.35. The smallest absolute Gasteiger partial charge is 0.188 e. The van der Waals surface area contributed by atoms with E-state index in [0.717, 1.165) is 13.0 Å². The van der Waals surface area contributed by atoms with Gasteiger partial charge in [-0.25, -0.2) is 4.99 Å². The van der Waals surface area contributed by atoms with E-state index >= 15 is 0 Å². The van der Waals surface area contributed by atoms with Crippen molar-refractivity contribution in [1.29, 1.82) is 0 Å². The number of guanidine groups is 1. The number of nitrogens with two attached hydrogens (primary N) is 1. The van der Waals surface area contributed by atoms with Gasteiger partial charge in [-0.2, -0.15) is 0 Å². The highest BCUT2D eigenvalue weighted by atomic mass is 15.1. The first-order valence-corrected chi connectivity index (χ1v) is 6.79. The fraction of sp³-hybridized carbons (Fsp3) is 0.533. The van der Waals surface area contributed by atoms with Gasteiger partial charge < -0.3 is 16.0 Å². The van der Waals surface area contributed by atoms with Crippen LogP contribution in [-0.2, 0) is 6.54 Å². The molecule has 0 aliphatic rings. The van der Waals surface area contributed by atoms with E-state index in [0.29, 0.717) is 18.4 Å². The van der Waals surface area contributed by atoms with E-state index in [4.69, 9.17) is 5.73 Å². The first kappa shape index (κ1) is 15.3. The van der Waals surface area contributed by atoms with Crippen molar-refractivity contribution < 1.29 is 0 Å². The molecule has 0 fully saturated rings. The molecule has 0 amide bonds. The minimum Gasteiger partial charge on any atom is -0.378 e. The zero-order chi connectivity index (χ0) is 14.3. The summed E-state index contributed by atoms with van der Waals surface area (Å²) in [5.41, 5.74) is 8.17. The third-order valence-electron chi connectivity index (χ3n) is 2.91. The predicted octanol–water partition coefficient (Wildman–Crippen LogP) is 2.20. The van der Waals surface area contributed by atoms with E-state index in [1.807, 2.05) is 14.1 Å². The lowest BCUT2D eigenvalue weighted by Crippen LogP contribution is -2.32. The number of nitrogens with zero attached hydrogens (tertiary/aromatic N) is 2. The quantitative estimate of drug-likeness (QED) is 0.610. The van der Waals surface area contributed by atoms with Gasteiger partial charge in [-0.15, -0.1) is 0 Å². The van der Waals surface area contributed by atoms with Gasteiger partial charge in [0, 0.05) is 26.3 Å². The van der Waals surface area contributed by atoms with E-state index in [-0.39, 0.29) is 0 Å². The average Bonchev–Trinajstić information content (AvgIpc) is 2.36. The topological polar surface area (TPSA) is 53.6 Å². The van der Waals surface area contributed by atoms with Gasteiger partial charge in [-0.1, -0.05) is 26.0 Å². The van der Waals surface area contributed by atoms with Crippen LogP contribution in [0.3, 0.4) is 0 Å².